The molecule has 3 heterocycles. The van der Waals surface area contributed by atoms with Gasteiger partial charge in [0.2, 0.25) is 5.78 Å². The highest BCUT2D eigenvalue weighted by Gasteiger charge is 2.20. The highest BCUT2D eigenvalue weighted by Crippen LogP contribution is 2.27. The number of hydrogen-bond acceptors (Lipinski definition) is 3. The number of benzene rings is 1. The van der Waals surface area contributed by atoms with Crippen molar-refractivity contribution in [1.82, 2.24) is 23.1 Å². The van der Waals surface area contributed by atoms with Gasteiger partial charge in [-0.1, -0.05) is 134 Å². The Kier molecular flexibility index (Phi) is 12.1. The first-order chi connectivity index (χ1) is 20.5. The molecule has 42 heavy (non-hydrogen) atoms. The predicted octanol–water partition coefficient (Wildman–Crippen LogP) is 8.18. The number of imidazole rings is 2. The molecule has 7 heteroatoms. The Morgan fingerprint density at radius 1 is 0.667 bits per heavy atom. The van der Waals surface area contributed by atoms with Crippen LogP contribution in [0.4, 0.5) is 0 Å². The molecule has 0 bridgehead atoms. The second kappa shape index (κ2) is 15.9. The first-order valence-electron chi connectivity index (χ1n) is 16.7. The van der Waals surface area contributed by atoms with Crippen LogP contribution in [0, 0.1) is 0 Å². The Morgan fingerprint density at radius 2 is 1.19 bits per heavy atom. The van der Waals surface area contributed by atoms with Crippen LogP contribution in [0.15, 0.2) is 40.1 Å². The maximum Gasteiger partial charge on any atom is 0.332 e. The zero-order chi connectivity index (χ0) is 29.9. The molecular weight excluding hydrogens is 522 g/mol. The molecule has 0 N–H and O–H groups in total. The van der Waals surface area contributed by atoms with E-state index in [-0.39, 0.29) is 11.2 Å². The van der Waals surface area contributed by atoms with Gasteiger partial charge in [-0.25, -0.2) is 4.79 Å². The third-order valence-electron chi connectivity index (χ3n) is 8.95. The molecule has 0 spiro atoms. The third kappa shape index (κ3) is 7.64. The van der Waals surface area contributed by atoms with Crippen LogP contribution in [0.2, 0.25) is 0 Å². The molecule has 0 amide bonds. The number of rotatable bonds is 19. The van der Waals surface area contributed by atoms with E-state index in [1.165, 1.54) is 118 Å². The van der Waals surface area contributed by atoms with Crippen LogP contribution in [0.1, 0.15) is 122 Å². The molecule has 0 atom stereocenters. The number of aromatic nitrogens is 5. The lowest BCUT2D eigenvalue weighted by Gasteiger charge is -2.10. The number of nitrogens with zero attached hydrogens (tertiary/aromatic N) is 5. The van der Waals surface area contributed by atoms with E-state index in [1.54, 1.807) is 7.05 Å². The van der Waals surface area contributed by atoms with Crippen molar-refractivity contribution in [3.8, 4) is 11.3 Å². The molecule has 4 aromatic rings. The summed E-state index contributed by atoms with van der Waals surface area (Å²) in [6, 6.07) is 8.66. The fraction of sp³-hybridized carbons (Fsp3) is 0.629. The predicted molar refractivity (Wildman–Crippen MR) is 176 cm³/mol. The molecule has 0 aliphatic heterocycles. The topological polar surface area (TPSA) is 66.2 Å². The molecule has 1 aromatic carbocycles. The lowest BCUT2D eigenvalue weighted by atomic mass is 10.0. The van der Waals surface area contributed by atoms with Crippen LogP contribution in [0.3, 0.4) is 0 Å². The maximum atomic E-state index is 13.1. The van der Waals surface area contributed by atoms with Gasteiger partial charge >= 0.3 is 5.69 Å². The lowest BCUT2D eigenvalue weighted by molar-refractivity contribution is 0.522. The summed E-state index contributed by atoms with van der Waals surface area (Å²) in [7, 11) is 3.21. The van der Waals surface area contributed by atoms with Crippen LogP contribution in [-0.4, -0.2) is 23.1 Å². The van der Waals surface area contributed by atoms with Gasteiger partial charge in [-0.15, -0.1) is 0 Å². The fourth-order valence-corrected chi connectivity index (χ4v) is 6.20. The zero-order valence-corrected chi connectivity index (χ0v) is 26.7. The second-order valence-corrected chi connectivity index (χ2v) is 12.2. The lowest BCUT2D eigenvalue weighted by Crippen LogP contribution is -2.37. The Morgan fingerprint density at radius 3 is 1.71 bits per heavy atom. The summed E-state index contributed by atoms with van der Waals surface area (Å²) in [5, 5.41) is 0. The van der Waals surface area contributed by atoms with Crippen molar-refractivity contribution < 1.29 is 0 Å². The van der Waals surface area contributed by atoms with Crippen LogP contribution >= 0.6 is 0 Å². The van der Waals surface area contributed by atoms with Gasteiger partial charge in [0.1, 0.15) is 0 Å². The van der Waals surface area contributed by atoms with Gasteiger partial charge in [0.05, 0.1) is 5.69 Å². The fourth-order valence-electron chi connectivity index (χ4n) is 6.20. The first-order valence-corrected chi connectivity index (χ1v) is 16.7. The SMILES string of the molecule is CCCCCCCCCCCCCCCCCCn1c(-c2ccc(CC)cc2)cn2c3c(=O)n(C)c(=O)n(C)c3nc12. The van der Waals surface area contributed by atoms with E-state index < -0.39 is 0 Å². The monoisotopic (exact) mass is 575 g/mol. The molecule has 0 saturated heterocycles. The molecule has 230 valence electrons. The molecule has 0 aliphatic rings. The number of fused-ring (bicyclic) bond motifs is 3. The number of hydrogen-bond donors (Lipinski definition) is 0. The molecule has 0 unspecified atom stereocenters. The zero-order valence-electron chi connectivity index (χ0n) is 26.7. The smallest absolute Gasteiger partial charge is 0.310 e. The average Bonchev–Trinajstić information content (AvgIpc) is 3.55. The van der Waals surface area contributed by atoms with Crippen LogP contribution < -0.4 is 11.2 Å². The normalized spacial score (nSPS) is 11.8. The second-order valence-electron chi connectivity index (χ2n) is 12.2. The summed E-state index contributed by atoms with van der Waals surface area (Å²) >= 11 is 0. The average molecular weight is 576 g/mol. The minimum Gasteiger partial charge on any atom is -0.310 e. The van der Waals surface area contributed by atoms with Gasteiger partial charge in [-0.05, 0) is 24.0 Å². The van der Waals surface area contributed by atoms with Gasteiger partial charge in [0.25, 0.3) is 5.56 Å². The first kappa shape index (κ1) is 31.8. The van der Waals surface area contributed by atoms with E-state index >= 15 is 0 Å². The van der Waals surface area contributed by atoms with E-state index in [1.807, 2.05) is 10.6 Å². The molecule has 0 radical (unpaired) electrons. The van der Waals surface area contributed by atoms with E-state index in [2.05, 4.69) is 42.7 Å². The summed E-state index contributed by atoms with van der Waals surface area (Å²) < 4.78 is 6.75. The molecule has 0 saturated carbocycles. The van der Waals surface area contributed by atoms with Crippen molar-refractivity contribution in [3.63, 3.8) is 0 Å². The van der Waals surface area contributed by atoms with E-state index in [4.69, 9.17) is 4.98 Å². The molecular formula is C35H53N5O2. The Balaban J connectivity index is 1.31. The highest BCUT2D eigenvalue weighted by atomic mass is 16.2. The molecule has 3 aromatic heterocycles. The maximum absolute atomic E-state index is 13.1. The minimum absolute atomic E-state index is 0.312. The van der Waals surface area contributed by atoms with Crippen LogP contribution in [-0.2, 0) is 27.1 Å². The summed E-state index contributed by atoms with van der Waals surface area (Å²) in [5.74, 6) is 0.721. The van der Waals surface area contributed by atoms with Crippen LogP contribution in [0.25, 0.3) is 28.2 Å². The van der Waals surface area contributed by atoms with Gasteiger partial charge < -0.3 is 4.57 Å². The third-order valence-corrected chi connectivity index (χ3v) is 8.95. The van der Waals surface area contributed by atoms with Gasteiger partial charge in [0.15, 0.2) is 11.2 Å². The van der Waals surface area contributed by atoms with Crippen molar-refractivity contribution in [1.29, 1.82) is 0 Å². The number of aryl methyl sites for hydroxylation is 3. The summed E-state index contributed by atoms with van der Waals surface area (Å²) in [6.45, 7) is 5.28. The quantitative estimate of drug-likeness (QED) is 0.106. The van der Waals surface area contributed by atoms with Crippen molar-refractivity contribution >= 4 is 16.9 Å². The molecule has 4 rings (SSSR count). The van der Waals surface area contributed by atoms with Gasteiger partial charge in [-0.2, -0.15) is 4.98 Å². The van der Waals surface area contributed by atoms with Crippen molar-refractivity contribution in [2.75, 3.05) is 0 Å². The Bertz CT molecular complexity index is 1520. The van der Waals surface area contributed by atoms with E-state index in [0.717, 1.165) is 36.4 Å². The van der Waals surface area contributed by atoms with Crippen molar-refractivity contribution in [2.45, 2.75) is 130 Å². The summed E-state index contributed by atoms with van der Waals surface area (Å²) in [4.78, 5) is 30.5. The summed E-state index contributed by atoms with van der Waals surface area (Å²) in [5.41, 5.74) is 3.69. The largest absolute Gasteiger partial charge is 0.332 e. The molecule has 0 fully saturated rings. The Labute approximate surface area is 251 Å². The minimum atomic E-state index is -0.354. The van der Waals surface area contributed by atoms with Crippen molar-refractivity contribution in [2.24, 2.45) is 14.1 Å². The van der Waals surface area contributed by atoms with Gasteiger partial charge in [0, 0.05) is 26.8 Å². The van der Waals surface area contributed by atoms with E-state index in [9.17, 15) is 9.59 Å². The van der Waals surface area contributed by atoms with E-state index in [0.29, 0.717) is 11.2 Å². The number of unbranched alkanes of at least 4 members (excludes halogenated alkanes) is 15. The highest BCUT2D eigenvalue weighted by molar-refractivity contribution is 5.78. The molecule has 0 aliphatic carbocycles. The van der Waals surface area contributed by atoms with Crippen molar-refractivity contribution in [3.05, 3.63) is 56.9 Å². The molecule has 7 nitrogen and oxygen atoms in total. The van der Waals surface area contributed by atoms with Gasteiger partial charge in [-0.3, -0.25) is 18.3 Å². The van der Waals surface area contributed by atoms with Crippen LogP contribution in [0.5, 0.6) is 0 Å². The standard InChI is InChI=1S/C35H53N5O2/c1-5-7-8-9-10-11-12-13-14-15-16-17-18-19-20-21-26-39-30(29-24-22-28(6-2)23-25-29)27-40-31-32(36-34(39)40)37(3)35(42)38(4)33(31)41/h22-25,27H,5-21,26H2,1-4H3. The Hall–Kier alpha value is -3.09. The summed E-state index contributed by atoms with van der Waals surface area (Å²) in [6.07, 6.45) is 24.5.